The van der Waals surface area contributed by atoms with Crippen LogP contribution in [0.15, 0.2) is 6.20 Å². The zero-order chi connectivity index (χ0) is 14.0. The lowest BCUT2D eigenvalue weighted by Gasteiger charge is -2.22. The van der Waals surface area contributed by atoms with E-state index in [2.05, 4.69) is 15.3 Å². The van der Waals surface area contributed by atoms with Crippen LogP contribution in [0.4, 0.5) is 17.5 Å². The minimum absolute atomic E-state index is 0.130. The van der Waals surface area contributed by atoms with Gasteiger partial charge < -0.3 is 16.0 Å². The molecular weight excluding hydrogens is 252 g/mol. The Balaban J connectivity index is 2.46. The summed E-state index contributed by atoms with van der Waals surface area (Å²) < 4.78 is 0. The molecule has 1 aromatic heterocycles. The standard InChI is InChI=1S/C10H14N6O3/c1-12-10-13-5-7(16(18)19)9(14-10)15-4-2-3-6(15)8(11)17/h5-6H,2-4H2,1H3,(H2,11,17)(H,12,13,14). The average Bonchev–Trinajstić information content (AvgIpc) is 2.87. The lowest BCUT2D eigenvalue weighted by Crippen LogP contribution is -2.41. The predicted molar refractivity (Wildman–Crippen MR) is 67.8 cm³/mol. The molecule has 1 fully saturated rings. The number of amides is 1. The maximum atomic E-state index is 11.4. The third-order valence-electron chi connectivity index (χ3n) is 3.02. The highest BCUT2D eigenvalue weighted by Gasteiger charge is 2.34. The summed E-state index contributed by atoms with van der Waals surface area (Å²) in [5, 5.41) is 13.7. The molecule has 3 N–H and O–H groups in total. The summed E-state index contributed by atoms with van der Waals surface area (Å²) in [7, 11) is 1.61. The molecule has 0 bridgehead atoms. The van der Waals surface area contributed by atoms with Gasteiger partial charge in [-0.2, -0.15) is 4.98 Å². The third-order valence-corrected chi connectivity index (χ3v) is 3.02. The first-order chi connectivity index (χ1) is 9.04. The molecule has 9 nitrogen and oxygen atoms in total. The quantitative estimate of drug-likeness (QED) is 0.574. The number of primary amides is 1. The number of aromatic nitrogens is 2. The molecule has 0 aliphatic carbocycles. The summed E-state index contributed by atoms with van der Waals surface area (Å²) in [6.45, 7) is 0.509. The van der Waals surface area contributed by atoms with Gasteiger partial charge in [-0.15, -0.1) is 0 Å². The Labute approximate surface area is 109 Å². The average molecular weight is 266 g/mol. The molecule has 1 aliphatic heterocycles. The van der Waals surface area contributed by atoms with E-state index in [9.17, 15) is 14.9 Å². The van der Waals surface area contributed by atoms with E-state index in [0.29, 0.717) is 13.0 Å². The zero-order valence-corrected chi connectivity index (χ0v) is 10.4. The van der Waals surface area contributed by atoms with Crippen LogP contribution in [0, 0.1) is 10.1 Å². The number of nitrogens with zero attached hydrogens (tertiary/aromatic N) is 4. The van der Waals surface area contributed by atoms with E-state index in [1.165, 1.54) is 0 Å². The number of nitrogens with one attached hydrogen (secondary N) is 1. The number of nitrogens with two attached hydrogens (primary N) is 1. The Hall–Kier alpha value is -2.45. The van der Waals surface area contributed by atoms with Crippen LogP contribution < -0.4 is 16.0 Å². The SMILES string of the molecule is CNc1ncc([N+](=O)[O-])c(N2CCCC2C(N)=O)n1. The van der Waals surface area contributed by atoms with E-state index in [1.807, 2.05) is 0 Å². The van der Waals surface area contributed by atoms with Crippen molar-refractivity contribution in [2.45, 2.75) is 18.9 Å². The van der Waals surface area contributed by atoms with Gasteiger partial charge in [0.15, 0.2) is 0 Å². The molecule has 0 aromatic carbocycles. The fourth-order valence-corrected chi connectivity index (χ4v) is 2.14. The normalized spacial score (nSPS) is 18.4. The van der Waals surface area contributed by atoms with Crippen LogP contribution in [0.1, 0.15) is 12.8 Å². The first kappa shape index (κ1) is 13.0. The van der Waals surface area contributed by atoms with Crippen molar-refractivity contribution in [3.63, 3.8) is 0 Å². The molecule has 0 saturated carbocycles. The Morgan fingerprint density at radius 1 is 1.68 bits per heavy atom. The Morgan fingerprint density at radius 3 is 3.00 bits per heavy atom. The molecular formula is C10H14N6O3. The third kappa shape index (κ3) is 2.39. The smallest absolute Gasteiger partial charge is 0.329 e. The molecule has 1 saturated heterocycles. The van der Waals surface area contributed by atoms with E-state index < -0.39 is 16.9 Å². The van der Waals surface area contributed by atoms with E-state index >= 15 is 0 Å². The summed E-state index contributed by atoms with van der Waals surface area (Å²) in [6.07, 6.45) is 2.44. The van der Waals surface area contributed by atoms with Crippen molar-refractivity contribution in [1.29, 1.82) is 0 Å². The van der Waals surface area contributed by atoms with Crippen LogP contribution in [-0.4, -0.2) is 40.4 Å². The summed E-state index contributed by atoms with van der Waals surface area (Å²) in [4.78, 5) is 31.3. The minimum atomic E-state index is -0.564. The maximum absolute atomic E-state index is 11.4. The van der Waals surface area contributed by atoms with Gasteiger partial charge in [-0.05, 0) is 12.8 Å². The molecule has 0 spiro atoms. The van der Waals surface area contributed by atoms with E-state index in [-0.39, 0.29) is 17.5 Å². The van der Waals surface area contributed by atoms with E-state index in [1.54, 1.807) is 11.9 Å². The Morgan fingerprint density at radius 2 is 2.42 bits per heavy atom. The molecule has 19 heavy (non-hydrogen) atoms. The number of hydrogen-bond donors (Lipinski definition) is 2. The number of anilines is 2. The number of hydrogen-bond acceptors (Lipinski definition) is 7. The van der Waals surface area contributed by atoms with Crippen molar-refractivity contribution >= 4 is 23.4 Å². The molecule has 1 unspecified atom stereocenters. The molecule has 2 rings (SSSR count). The molecule has 9 heteroatoms. The first-order valence-corrected chi connectivity index (χ1v) is 5.79. The molecule has 1 aromatic rings. The first-order valence-electron chi connectivity index (χ1n) is 5.79. The van der Waals surface area contributed by atoms with Crippen LogP contribution in [0.5, 0.6) is 0 Å². The fourth-order valence-electron chi connectivity index (χ4n) is 2.14. The van der Waals surface area contributed by atoms with Crippen molar-refractivity contribution in [3.05, 3.63) is 16.3 Å². The minimum Gasteiger partial charge on any atom is -0.368 e. The van der Waals surface area contributed by atoms with Gasteiger partial charge >= 0.3 is 5.69 Å². The van der Waals surface area contributed by atoms with Crippen LogP contribution in [0.3, 0.4) is 0 Å². The van der Waals surface area contributed by atoms with Gasteiger partial charge in [0.25, 0.3) is 0 Å². The highest BCUT2D eigenvalue weighted by atomic mass is 16.6. The summed E-state index contributed by atoms with van der Waals surface area (Å²) in [5.41, 5.74) is 5.08. The van der Waals surface area contributed by atoms with Crippen LogP contribution in [0.2, 0.25) is 0 Å². The molecule has 1 atom stereocenters. The van der Waals surface area contributed by atoms with Gasteiger partial charge in [-0.25, -0.2) is 4.98 Å². The molecule has 1 aliphatic rings. The fraction of sp³-hybridized carbons (Fsp3) is 0.500. The van der Waals surface area contributed by atoms with Gasteiger partial charge in [-0.3, -0.25) is 14.9 Å². The largest absolute Gasteiger partial charge is 0.368 e. The van der Waals surface area contributed by atoms with Crippen LogP contribution >= 0.6 is 0 Å². The number of carbonyl (C=O) groups excluding carboxylic acids is 1. The molecule has 0 radical (unpaired) electrons. The van der Waals surface area contributed by atoms with Crippen LogP contribution in [0.25, 0.3) is 0 Å². The molecule has 1 amide bonds. The number of rotatable bonds is 4. The van der Waals surface area contributed by atoms with Gasteiger partial charge in [0, 0.05) is 13.6 Å². The number of nitro groups is 1. The summed E-state index contributed by atoms with van der Waals surface area (Å²) in [5.74, 6) is -0.113. The summed E-state index contributed by atoms with van der Waals surface area (Å²) >= 11 is 0. The van der Waals surface area contributed by atoms with Crippen molar-refractivity contribution in [2.75, 3.05) is 23.8 Å². The van der Waals surface area contributed by atoms with Crippen molar-refractivity contribution < 1.29 is 9.72 Å². The number of carbonyl (C=O) groups is 1. The van der Waals surface area contributed by atoms with E-state index in [0.717, 1.165) is 12.6 Å². The lowest BCUT2D eigenvalue weighted by molar-refractivity contribution is -0.384. The van der Waals surface area contributed by atoms with E-state index in [4.69, 9.17) is 5.73 Å². The monoisotopic (exact) mass is 266 g/mol. The van der Waals surface area contributed by atoms with Crippen molar-refractivity contribution in [1.82, 2.24) is 9.97 Å². The molecule has 102 valence electrons. The van der Waals surface area contributed by atoms with Crippen molar-refractivity contribution in [3.8, 4) is 0 Å². The lowest BCUT2D eigenvalue weighted by atomic mass is 10.2. The topological polar surface area (TPSA) is 127 Å². The molecule has 2 heterocycles. The van der Waals surface area contributed by atoms with Crippen LogP contribution in [-0.2, 0) is 4.79 Å². The second kappa shape index (κ2) is 5.04. The second-order valence-corrected chi connectivity index (χ2v) is 4.16. The zero-order valence-electron chi connectivity index (χ0n) is 10.4. The van der Waals surface area contributed by atoms with Gasteiger partial charge in [0.1, 0.15) is 12.2 Å². The van der Waals surface area contributed by atoms with Crippen molar-refractivity contribution in [2.24, 2.45) is 5.73 Å². The highest BCUT2D eigenvalue weighted by Crippen LogP contribution is 2.31. The van der Waals surface area contributed by atoms with Gasteiger partial charge in [-0.1, -0.05) is 0 Å². The highest BCUT2D eigenvalue weighted by molar-refractivity contribution is 5.84. The summed E-state index contributed by atoms with van der Waals surface area (Å²) in [6, 6.07) is -0.557. The van der Waals surface area contributed by atoms with Gasteiger partial charge in [0.05, 0.1) is 4.92 Å². The predicted octanol–water partition coefficient (Wildman–Crippen LogP) is -0.119. The Kier molecular flexibility index (Phi) is 3.45. The van der Waals surface area contributed by atoms with Gasteiger partial charge in [0.2, 0.25) is 17.7 Å². The maximum Gasteiger partial charge on any atom is 0.329 e. The second-order valence-electron chi connectivity index (χ2n) is 4.16. The Bertz CT molecular complexity index is 520.